The van der Waals surface area contributed by atoms with Crippen LogP contribution in [0.3, 0.4) is 0 Å². The van der Waals surface area contributed by atoms with Crippen LogP contribution in [0.15, 0.2) is 30.6 Å². The highest BCUT2D eigenvalue weighted by atomic mass is 35.5. The first-order valence-corrected chi connectivity index (χ1v) is 6.20. The Kier molecular flexibility index (Phi) is 4.06. The van der Waals surface area contributed by atoms with Gasteiger partial charge in [-0.3, -0.25) is 9.48 Å². The number of hydrogen-bond acceptors (Lipinski definition) is 3. The molecule has 0 aliphatic heterocycles. The molecule has 1 aromatic carbocycles. The van der Waals surface area contributed by atoms with Crippen molar-refractivity contribution < 1.29 is 9.90 Å². The molecule has 0 aliphatic rings. The van der Waals surface area contributed by atoms with Gasteiger partial charge in [-0.25, -0.2) is 0 Å². The van der Waals surface area contributed by atoms with E-state index in [1.807, 2.05) is 13.1 Å². The molecule has 0 saturated carbocycles. The van der Waals surface area contributed by atoms with Crippen LogP contribution in [0.1, 0.15) is 12.0 Å². The van der Waals surface area contributed by atoms with Crippen molar-refractivity contribution in [1.82, 2.24) is 9.78 Å². The maximum atomic E-state index is 11.7. The van der Waals surface area contributed by atoms with Gasteiger partial charge in [0.25, 0.3) is 0 Å². The van der Waals surface area contributed by atoms with Gasteiger partial charge in [-0.1, -0.05) is 11.6 Å². The summed E-state index contributed by atoms with van der Waals surface area (Å²) in [5, 5.41) is 16.7. The van der Waals surface area contributed by atoms with Crippen LogP contribution < -0.4 is 5.32 Å². The first-order valence-electron chi connectivity index (χ1n) is 5.82. The Morgan fingerprint density at radius 2 is 2.32 bits per heavy atom. The molecule has 0 saturated heterocycles. The maximum absolute atomic E-state index is 11.7. The Bertz CT molecular complexity index is 595. The molecule has 0 radical (unpaired) electrons. The molecule has 0 atom stereocenters. The highest BCUT2D eigenvalue weighted by Gasteiger charge is 2.07. The molecule has 1 aromatic heterocycles. The summed E-state index contributed by atoms with van der Waals surface area (Å²) in [7, 11) is 0. The smallest absolute Gasteiger partial charge is 0.226 e. The van der Waals surface area contributed by atoms with E-state index < -0.39 is 0 Å². The minimum atomic E-state index is -0.203. The predicted molar refractivity (Wildman–Crippen MR) is 73.3 cm³/mol. The van der Waals surface area contributed by atoms with Crippen molar-refractivity contribution in [1.29, 1.82) is 0 Å². The van der Waals surface area contributed by atoms with Crippen LogP contribution in [0.4, 0.5) is 5.69 Å². The fraction of sp³-hybridized carbons (Fsp3) is 0.231. The van der Waals surface area contributed by atoms with E-state index in [2.05, 4.69) is 10.4 Å². The van der Waals surface area contributed by atoms with E-state index in [1.165, 1.54) is 12.1 Å². The average molecular weight is 280 g/mol. The lowest BCUT2D eigenvalue weighted by Gasteiger charge is -2.07. The fourth-order valence-corrected chi connectivity index (χ4v) is 1.80. The summed E-state index contributed by atoms with van der Waals surface area (Å²) in [4.78, 5) is 11.7. The number of hydrogen-bond donors (Lipinski definition) is 2. The highest BCUT2D eigenvalue weighted by molar-refractivity contribution is 6.31. The number of phenolic OH excluding ortho intramolecular Hbond substituents is 1. The molecule has 2 N–H and O–H groups in total. The Morgan fingerprint density at radius 3 is 3.00 bits per heavy atom. The highest BCUT2D eigenvalue weighted by Crippen LogP contribution is 2.26. The number of carbonyl (C=O) groups excluding carboxylic acids is 1. The molecule has 1 heterocycles. The number of benzene rings is 1. The van der Waals surface area contributed by atoms with Gasteiger partial charge in [0.05, 0.1) is 11.9 Å². The Morgan fingerprint density at radius 1 is 1.53 bits per heavy atom. The van der Waals surface area contributed by atoms with Gasteiger partial charge in [0.1, 0.15) is 5.75 Å². The largest absolute Gasteiger partial charge is 0.506 e. The van der Waals surface area contributed by atoms with Crippen molar-refractivity contribution >= 4 is 23.2 Å². The molecular weight excluding hydrogens is 266 g/mol. The number of aryl methyl sites for hydroxylation is 2. The van der Waals surface area contributed by atoms with Crippen molar-refractivity contribution in [3.05, 3.63) is 41.2 Å². The van der Waals surface area contributed by atoms with Crippen molar-refractivity contribution in [2.24, 2.45) is 0 Å². The second-order valence-corrected chi connectivity index (χ2v) is 4.68. The average Bonchev–Trinajstić information content (AvgIpc) is 2.77. The quantitative estimate of drug-likeness (QED) is 0.845. The zero-order valence-corrected chi connectivity index (χ0v) is 11.2. The molecule has 2 rings (SSSR count). The number of phenols is 1. The van der Waals surface area contributed by atoms with Crippen LogP contribution in [0.2, 0.25) is 5.02 Å². The van der Waals surface area contributed by atoms with Gasteiger partial charge in [0.2, 0.25) is 5.91 Å². The second kappa shape index (κ2) is 5.75. The van der Waals surface area contributed by atoms with Gasteiger partial charge in [-0.2, -0.15) is 5.10 Å². The number of anilines is 1. The lowest BCUT2D eigenvalue weighted by molar-refractivity contribution is -0.116. The molecule has 0 unspecified atom stereocenters. The molecule has 1 amide bonds. The number of aromatic hydroxyl groups is 1. The molecule has 6 heteroatoms. The number of nitrogens with one attached hydrogen (secondary N) is 1. The van der Waals surface area contributed by atoms with Crippen molar-refractivity contribution in [3.63, 3.8) is 0 Å². The first-order chi connectivity index (χ1) is 9.04. The summed E-state index contributed by atoms with van der Waals surface area (Å²) in [5.41, 5.74) is 1.36. The molecule has 0 bridgehead atoms. The summed E-state index contributed by atoms with van der Waals surface area (Å²) in [6.45, 7) is 2.43. The van der Waals surface area contributed by atoms with Gasteiger partial charge in [-0.15, -0.1) is 0 Å². The third-order valence-electron chi connectivity index (χ3n) is 2.56. The molecule has 19 heavy (non-hydrogen) atoms. The first kappa shape index (κ1) is 13.4. The van der Waals surface area contributed by atoms with Gasteiger partial charge in [-0.05, 0) is 30.7 Å². The van der Waals surface area contributed by atoms with E-state index in [4.69, 9.17) is 11.6 Å². The van der Waals surface area contributed by atoms with Crippen LogP contribution >= 0.6 is 11.6 Å². The van der Waals surface area contributed by atoms with Crippen LogP contribution in [0.5, 0.6) is 5.75 Å². The Hall–Kier alpha value is -2.01. The van der Waals surface area contributed by atoms with E-state index in [9.17, 15) is 9.90 Å². The number of rotatable bonds is 4. The zero-order chi connectivity index (χ0) is 13.8. The Labute approximate surface area is 115 Å². The van der Waals surface area contributed by atoms with Crippen molar-refractivity contribution in [2.75, 3.05) is 5.32 Å². The Balaban J connectivity index is 1.92. The third-order valence-corrected chi connectivity index (χ3v) is 2.80. The summed E-state index contributed by atoms with van der Waals surface area (Å²) in [6.07, 6.45) is 3.87. The number of amides is 1. The summed E-state index contributed by atoms with van der Waals surface area (Å²) in [5.74, 6) is -0.210. The van der Waals surface area contributed by atoms with Gasteiger partial charge in [0, 0.05) is 24.2 Å². The molecule has 2 aromatic rings. The number of carbonyl (C=O) groups is 1. The van der Waals surface area contributed by atoms with Crippen LogP contribution in [-0.2, 0) is 11.3 Å². The fourth-order valence-electron chi connectivity index (χ4n) is 1.63. The lowest BCUT2D eigenvalue weighted by atomic mass is 10.3. The zero-order valence-electron chi connectivity index (χ0n) is 10.4. The standard InChI is InChI=1S/C13H14ClN3O2/c1-9-7-15-17(8-9)5-4-13(19)16-11-6-10(14)2-3-12(11)18/h2-3,6-8,18H,4-5H2,1H3,(H,16,19). The van der Waals surface area contributed by atoms with E-state index in [0.717, 1.165) is 5.56 Å². The minimum absolute atomic E-state index is 0.00677. The molecule has 0 fully saturated rings. The summed E-state index contributed by atoms with van der Waals surface area (Å²) < 4.78 is 1.70. The van der Waals surface area contributed by atoms with Crippen LogP contribution in [-0.4, -0.2) is 20.8 Å². The van der Waals surface area contributed by atoms with E-state index in [-0.39, 0.29) is 18.1 Å². The normalized spacial score (nSPS) is 10.4. The topological polar surface area (TPSA) is 67.2 Å². The summed E-state index contributed by atoms with van der Waals surface area (Å²) >= 11 is 5.80. The second-order valence-electron chi connectivity index (χ2n) is 4.24. The number of aromatic nitrogens is 2. The van der Waals surface area contributed by atoms with Gasteiger partial charge < -0.3 is 10.4 Å². The lowest BCUT2D eigenvalue weighted by Crippen LogP contribution is -2.14. The maximum Gasteiger partial charge on any atom is 0.226 e. The van der Waals surface area contributed by atoms with Crippen LogP contribution in [0, 0.1) is 6.92 Å². The number of halogens is 1. The van der Waals surface area contributed by atoms with E-state index >= 15 is 0 Å². The van der Waals surface area contributed by atoms with Gasteiger partial charge >= 0.3 is 0 Å². The van der Waals surface area contributed by atoms with E-state index in [0.29, 0.717) is 17.3 Å². The molecule has 0 spiro atoms. The van der Waals surface area contributed by atoms with Crippen molar-refractivity contribution in [2.45, 2.75) is 19.9 Å². The van der Waals surface area contributed by atoms with E-state index in [1.54, 1.807) is 16.9 Å². The number of nitrogens with zero attached hydrogens (tertiary/aromatic N) is 2. The summed E-state index contributed by atoms with van der Waals surface area (Å²) in [6, 6.07) is 4.50. The van der Waals surface area contributed by atoms with Gasteiger partial charge in [0.15, 0.2) is 0 Å². The molecule has 0 aliphatic carbocycles. The predicted octanol–water partition coefficient (Wildman–Crippen LogP) is 2.58. The van der Waals surface area contributed by atoms with Crippen molar-refractivity contribution in [3.8, 4) is 5.75 Å². The molecule has 100 valence electrons. The van der Waals surface area contributed by atoms with Crippen LogP contribution in [0.25, 0.3) is 0 Å². The third kappa shape index (κ3) is 3.72. The molecular formula is C13H14ClN3O2. The minimum Gasteiger partial charge on any atom is -0.506 e. The molecule has 5 nitrogen and oxygen atoms in total. The SMILES string of the molecule is Cc1cnn(CCC(=O)Nc2cc(Cl)ccc2O)c1. The monoisotopic (exact) mass is 279 g/mol.